The second kappa shape index (κ2) is 4.58. The quantitative estimate of drug-likeness (QED) is 0.829. The summed E-state index contributed by atoms with van der Waals surface area (Å²) in [6, 6.07) is 0. The summed E-state index contributed by atoms with van der Waals surface area (Å²) in [5.41, 5.74) is 0.955. The van der Waals surface area contributed by atoms with Crippen molar-refractivity contribution >= 4 is 11.6 Å². The van der Waals surface area contributed by atoms with Gasteiger partial charge in [0.25, 0.3) is 0 Å². The molecule has 0 radical (unpaired) electrons. The van der Waals surface area contributed by atoms with Crippen molar-refractivity contribution in [3.05, 3.63) is 12.4 Å². The number of aromatic nitrogens is 2. The Bertz CT molecular complexity index is 522. The van der Waals surface area contributed by atoms with Gasteiger partial charge >= 0.3 is 0 Å². The standard InChI is InChI=1S/C15H22N4O/c1-17-9-13(6-16-17)19-5-4-12-8-18(7-11-2-3-11)10-14(12)15(19)20/h6,9,11-12,14H,2-5,7-8,10H2,1H3/t12-,14-/m1/s1. The van der Waals surface area contributed by atoms with Crippen molar-refractivity contribution in [3.8, 4) is 0 Å². The number of hydrogen-bond donors (Lipinski definition) is 0. The molecule has 3 aliphatic rings. The maximum Gasteiger partial charge on any atom is 0.231 e. The maximum atomic E-state index is 12.7. The Morgan fingerprint density at radius 2 is 2.15 bits per heavy atom. The third-order valence-corrected chi connectivity index (χ3v) is 5.04. The minimum atomic E-state index is 0.211. The molecule has 0 aromatic carbocycles. The molecule has 0 N–H and O–H groups in total. The van der Waals surface area contributed by atoms with Crippen LogP contribution < -0.4 is 4.90 Å². The second-order valence-corrected chi connectivity index (χ2v) is 6.68. The Balaban J connectivity index is 1.47. The van der Waals surface area contributed by atoms with Crippen LogP contribution >= 0.6 is 0 Å². The van der Waals surface area contributed by atoms with Crippen molar-refractivity contribution < 1.29 is 4.79 Å². The molecule has 3 heterocycles. The fourth-order valence-corrected chi connectivity index (χ4v) is 3.76. The molecule has 1 aliphatic carbocycles. The Hall–Kier alpha value is -1.36. The molecule has 1 aromatic heterocycles. The predicted octanol–water partition coefficient (Wildman–Crippen LogP) is 1.11. The van der Waals surface area contributed by atoms with Gasteiger partial charge in [0.15, 0.2) is 0 Å². The van der Waals surface area contributed by atoms with E-state index < -0.39 is 0 Å². The van der Waals surface area contributed by atoms with Crippen LogP contribution in [0.4, 0.5) is 5.69 Å². The fraction of sp³-hybridized carbons (Fsp3) is 0.733. The fourth-order valence-electron chi connectivity index (χ4n) is 3.76. The Morgan fingerprint density at radius 1 is 1.30 bits per heavy atom. The first-order valence-corrected chi connectivity index (χ1v) is 7.73. The number of amides is 1. The van der Waals surface area contributed by atoms with E-state index in [1.807, 2.05) is 18.1 Å². The van der Waals surface area contributed by atoms with Crippen LogP contribution in [0, 0.1) is 17.8 Å². The molecule has 0 unspecified atom stereocenters. The number of piperidine rings is 1. The minimum Gasteiger partial charge on any atom is -0.309 e. The van der Waals surface area contributed by atoms with Crippen LogP contribution in [0.25, 0.3) is 0 Å². The molecule has 1 aromatic rings. The molecule has 5 heteroatoms. The van der Waals surface area contributed by atoms with Crippen LogP contribution in [0.2, 0.25) is 0 Å². The number of carbonyl (C=O) groups excluding carboxylic acids is 1. The molecule has 0 bridgehead atoms. The molecule has 0 spiro atoms. The first kappa shape index (κ1) is 12.4. The van der Waals surface area contributed by atoms with Crippen LogP contribution in [-0.4, -0.2) is 46.8 Å². The lowest BCUT2D eigenvalue weighted by Gasteiger charge is -2.32. The number of hydrogen-bond acceptors (Lipinski definition) is 3. The SMILES string of the molecule is Cn1cc(N2CC[C@@H]3CN(CC4CC4)C[C@H]3C2=O)cn1. The van der Waals surface area contributed by atoms with Crippen molar-refractivity contribution in [2.75, 3.05) is 31.1 Å². The van der Waals surface area contributed by atoms with Crippen LogP contribution in [0.3, 0.4) is 0 Å². The molecule has 1 saturated carbocycles. The van der Waals surface area contributed by atoms with Gasteiger partial charge in [-0.3, -0.25) is 9.48 Å². The number of nitrogens with zero attached hydrogens (tertiary/aromatic N) is 4. The van der Waals surface area contributed by atoms with Crippen molar-refractivity contribution in [2.45, 2.75) is 19.3 Å². The van der Waals surface area contributed by atoms with Gasteiger partial charge in [0.1, 0.15) is 0 Å². The molecular weight excluding hydrogens is 252 g/mol. The molecule has 5 nitrogen and oxygen atoms in total. The van der Waals surface area contributed by atoms with Crippen LogP contribution in [0.15, 0.2) is 12.4 Å². The minimum absolute atomic E-state index is 0.211. The van der Waals surface area contributed by atoms with Crippen molar-refractivity contribution in [2.24, 2.45) is 24.8 Å². The normalized spacial score (nSPS) is 30.9. The summed E-state index contributed by atoms with van der Waals surface area (Å²) in [5, 5.41) is 4.19. The number of fused-ring (bicyclic) bond motifs is 1. The lowest BCUT2D eigenvalue weighted by molar-refractivity contribution is -0.124. The summed E-state index contributed by atoms with van der Waals surface area (Å²) < 4.78 is 1.77. The van der Waals surface area contributed by atoms with Gasteiger partial charge in [0.05, 0.1) is 17.8 Å². The summed E-state index contributed by atoms with van der Waals surface area (Å²) in [7, 11) is 1.90. The Labute approximate surface area is 119 Å². The molecule has 2 saturated heterocycles. The van der Waals surface area contributed by atoms with E-state index >= 15 is 0 Å². The highest BCUT2D eigenvalue weighted by Crippen LogP contribution is 2.37. The van der Waals surface area contributed by atoms with Crippen molar-refractivity contribution in [3.63, 3.8) is 0 Å². The van der Waals surface area contributed by atoms with Crippen molar-refractivity contribution in [1.82, 2.24) is 14.7 Å². The molecule has 1 amide bonds. The third-order valence-electron chi connectivity index (χ3n) is 5.04. The van der Waals surface area contributed by atoms with Crippen LogP contribution in [0.1, 0.15) is 19.3 Å². The first-order valence-electron chi connectivity index (χ1n) is 7.73. The highest BCUT2D eigenvalue weighted by Gasteiger charge is 2.44. The van der Waals surface area contributed by atoms with Gasteiger partial charge in [0, 0.05) is 39.4 Å². The summed E-state index contributed by atoms with van der Waals surface area (Å²) in [6.07, 6.45) is 7.65. The largest absolute Gasteiger partial charge is 0.309 e. The molecule has 108 valence electrons. The van der Waals surface area contributed by atoms with Gasteiger partial charge < -0.3 is 9.80 Å². The summed E-state index contributed by atoms with van der Waals surface area (Å²) in [5.74, 6) is 2.02. The predicted molar refractivity (Wildman–Crippen MR) is 76.3 cm³/mol. The molecule has 2 atom stereocenters. The van der Waals surface area contributed by atoms with E-state index in [-0.39, 0.29) is 5.92 Å². The van der Waals surface area contributed by atoms with Gasteiger partial charge in [-0.05, 0) is 31.1 Å². The lowest BCUT2D eigenvalue weighted by atomic mass is 9.88. The monoisotopic (exact) mass is 274 g/mol. The molecule has 2 aliphatic heterocycles. The van der Waals surface area contributed by atoms with Gasteiger partial charge in [-0.1, -0.05) is 0 Å². The van der Waals surface area contributed by atoms with E-state index in [0.717, 1.165) is 37.7 Å². The topological polar surface area (TPSA) is 41.4 Å². The highest BCUT2D eigenvalue weighted by atomic mass is 16.2. The van der Waals surface area contributed by atoms with Crippen LogP contribution in [0.5, 0.6) is 0 Å². The number of anilines is 1. The summed E-state index contributed by atoms with van der Waals surface area (Å²) in [4.78, 5) is 17.2. The van der Waals surface area contributed by atoms with E-state index in [0.29, 0.717) is 11.8 Å². The Kier molecular flexibility index (Phi) is 2.84. The number of likely N-dealkylation sites (tertiary alicyclic amines) is 1. The third kappa shape index (κ3) is 2.14. The van der Waals surface area contributed by atoms with Crippen LogP contribution in [-0.2, 0) is 11.8 Å². The number of carbonyl (C=O) groups is 1. The molecule has 3 fully saturated rings. The van der Waals surface area contributed by atoms with E-state index in [1.54, 1.807) is 10.9 Å². The number of rotatable bonds is 3. The zero-order valence-corrected chi connectivity index (χ0v) is 12.0. The molecule has 20 heavy (non-hydrogen) atoms. The first-order chi connectivity index (χ1) is 9.70. The van der Waals surface area contributed by atoms with Crippen molar-refractivity contribution in [1.29, 1.82) is 0 Å². The van der Waals surface area contributed by atoms with E-state index in [1.165, 1.54) is 19.4 Å². The van der Waals surface area contributed by atoms with E-state index in [4.69, 9.17) is 0 Å². The zero-order chi connectivity index (χ0) is 13.7. The number of aryl methyl sites for hydroxylation is 1. The smallest absolute Gasteiger partial charge is 0.231 e. The second-order valence-electron chi connectivity index (χ2n) is 6.68. The summed E-state index contributed by atoms with van der Waals surface area (Å²) >= 11 is 0. The highest BCUT2D eigenvalue weighted by molar-refractivity contribution is 5.96. The lowest BCUT2D eigenvalue weighted by Crippen LogP contribution is -2.45. The van der Waals surface area contributed by atoms with Gasteiger partial charge in [-0.25, -0.2) is 0 Å². The van der Waals surface area contributed by atoms with E-state index in [2.05, 4.69) is 10.00 Å². The van der Waals surface area contributed by atoms with Gasteiger partial charge in [0.2, 0.25) is 5.91 Å². The average Bonchev–Trinajstić information content (AvgIpc) is 2.96. The van der Waals surface area contributed by atoms with Gasteiger partial charge in [-0.2, -0.15) is 5.10 Å². The maximum absolute atomic E-state index is 12.7. The molecule has 4 rings (SSSR count). The Morgan fingerprint density at radius 3 is 2.85 bits per heavy atom. The van der Waals surface area contributed by atoms with Gasteiger partial charge in [-0.15, -0.1) is 0 Å². The molecular formula is C15H22N4O. The van der Waals surface area contributed by atoms with E-state index in [9.17, 15) is 4.79 Å². The average molecular weight is 274 g/mol. The zero-order valence-electron chi connectivity index (χ0n) is 12.0. The summed E-state index contributed by atoms with van der Waals surface area (Å²) in [6.45, 7) is 4.17.